The van der Waals surface area contributed by atoms with Gasteiger partial charge in [0.15, 0.2) is 9.84 Å². The van der Waals surface area contributed by atoms with Gasteiger partial charge in [0.05, 0.1) is 7.11 Å². The molecule has 0 spiro atoms. The Bertz CT molecular complexity index is 500. The van der Waals surface area contributed by atoms with Crippen molar-refractivity contribution in [3.8, 4) is 5.75 Å². The summed E-state index contributed by atoms with van der Waals surface area (Å²) in [6.45, 7) is 0.498. The number of rotatable bonds is 5. The second kappa shape index (κ2) is 5.46. The van der Waals surface area contributed by atoms with E-state index in [1.165, 1.54) is 19.2 Å². The zero-order chi connectivity index (χ0) is 13.1. The molecule has 0 radical (unpaired) electrons. The van der Waals surface area contributed by atoms with E-state index in [1.54, 1.807) is 0 Å². The molecule has 1 aromatic rings. The smallest absolute Gasteiger partial charge is 0.182 e. The number of methoxy groups -OCH3 is 1. The lowest BCUT2D eigenvalue weighted by Crippen LogP contribution is -2.06. The molecular formula is C11H16FNO3S. The van der Waals surface area contributed by atoms with Crippen LogP contribution in [-0.2, 0) is 16.3 Å². The third-order valence-electron chi connectivity index (χ3n) is 2.33. The highest BCUT2D eigenvalue weighted by atomic mass is 32.2. The average molecular weight is 261 g/mol. The van der Waals surface area contributed by atoms with Crippen LogP contribution in [0, 0.1) is 5.82 Å². The molecule has 0 saturated heterocycles. The Hall–Kier alpha value is -1.14. The second-order valence-electron chi connectivity index (χ2n) is 3.77. The van der Waals surface area contributed by atoms with Crippen molar-refractivity contribution in [2.75, 3.05) is 19.9 Å². The number of sulfone groups is 1. The molecule has 1 aromatic carbocycles. The maximum Gasteiger partial charge on any atom is 0.182 e. The molecule has 0 aliphatic rings. The average Bonchev–Trinajstić information content (AvgIpc) is 2.23. The molecule has 0 aliphatic carbocycles. The van der Waals surface area contributed by atoms with Gasteiger partial charge < -0.3 is 10.5 Å². The lowest BCUT2D eigenvalue weighted by Gasteiger charge is -2.10. The van der Waals surface area contributed by atoms with Crippen molar-refractivity contribution in [2.45, 2.75) is 17.7 Å². The summed E-state index contributed by atoms with van der Waals surface area (Å²) in [5.74, 6) is -0.738. The summed E-state index contributed by atoms with van der Waals surface area (Å²) in [6.07, 6.45) is 2.25. The number of nitrogens with two attached hydrogens (primary N) is 1. The van der Waals surface area contributed by atoms with E-state index in [4.69, 9.17) is 10.5 Å². The number of ether oxygens (including phenoxy) is 1. The van der Waals surface area contributed by atoms with Gasteiger partial charge in [0.2, 0.25) is 0 Å². The molecule has 17 heavy (non-hydrogen) atoms. The molecule has 6 heteroatoms. The minimum atomic E-state index is -3.64. The Morgan fingerprint density at radius 3 is 2.53 bits per heavy atom. The predicted molar refractivity (Wildman–Crippen MR) is 63.4 cm³/mol. The largest absolute Gasteiger partial charge is 0.495 e. The van der Waals surface area contributed by atoms with Crippen molar-refractivity contribution in [3.05, 3.63) is 23.5 Å². The molecule has 0 saturated carbocycles. The lowest BCUT2D eigenvalue weighted by atomic mass is 10.1. The Morgan fingerprint density at radius 1 is 1.41 bits per heavy atom. The highest BCUT2D eigenvalue weighted by Gasteiger charge is 2.20. The van der Waals surface area contributed by atoms with Gasteiger partial charge in [0.1, 0.15) is 16.5 Å². The number of benzene rings is 1. The van der Waals surface area contributed by atoms with Crippen LogP contribution >= 0.6 is 0 Å². The van der Waals surface area contributed by atoms with Crippen molar-refractivity contribution in [1.82, 2.24) is 0 Å². The van der Waals surface area contributed by atoms with Gasteiger partial charge in [0, 0.05) is 6.26 Å². The molecule has 0 bridgehead atoms. The van der Waals surface area contributed by atoms with Crippen molar-refractivity contribution < 1.29 is 17.5 Å². The number of aryl methyl sites for hydroxylation is 1. The van der Waals surface area contributed by atoms with Gasteiger partial charge in [-0.15, -0.1) is 0 Å². The van der Waals surface area contributed by atoms with E-state index in [9.17, 15) is 12.8 Å². The molecular weight excluding hydrogens is 245 g/mol. The summed E-state index contributed by atoms with van der Waals surface area (Å²) in [5, 5.41) is 0. The number of hydrogen-bond acceptors (Lipinski definition) is 4. The molecule has 0 unspecified atom stereocenters. The van der Waals surface area contributed by atoms with Crippen LogP contribution < -0.4 is 10.5 Å². The normalized spacial score (nSPS) is 11.5. The van der Waals surface area contributed by atoms with Crippen molar-refractivity contribution in [1.29, 1.82) is 0 Å². The minimum absolute atomic E-state index is 0.0412. The maximum atomic E-state index is 13.7. The quantitative estimate of drug-likeness (QED) is 0.862. The van der Waals surface area contributed by atoms with Crippen LogP contribution in [0.2, 0.25) is 0 Å². The fourth-order valence-electron chi connectivity index (χ4n) is 1.58. The van der Waals surface area contributed by atoms with E-state index in [0.717, 1.165) is 6.26 Å². The van der Waals surface area contributed by atoms with E-state index in [1.807, 2.05) is 0 Å². The van der Waals surface area contributed by atoms with Crippen LogP contribution in [0.5, 0.6) is 5.75 Å². The highest BCUT2D eigenvalue weighted by molar-refractivity contribution is 7.90. The first-order chi connectivity index (χ1) is 7.90. The minimum Gasteiger partial charge on any atom is -0.495 e. The van der Waals surface area contributed by atoms with E-state index in [-0.39, 0.29) is 5.75 Å². The van der Waals surface area contributed by atoms with Crippen molar-refractivity contribution >= 4 is 9.84 Å². The van der Waals surface area contributed by atoms with E-state index in [0.29, 0.717) is 24.9 Å². The van der Waals surface area contributed by atoms with Gasteiger partial charge in [-0.1, -0.05) is 0 Å². The van der Waals surface area contributed by atoms with Crippen molar-refractivity contribution in [2.24, 2.45) is 5.73 Å². The second-order valence-corrected chi connectivity index (χ2v) is 5.73. The molecule has 0 aromatic heterocycles. The number of halogens is 1. The summed E-state index contributed by atoms with van der Waals surface area (Å²) < 4.78 is 41.5. The Kier molecular flexibility index (Phi) is 4.47. The lowest BCUT2D eigenvalue weighted by molar-refractivity contribution is 0.394. The molecule has 2 N–H and O–H groups in total. The zero-order valence-electron chi connectivity index (χ0n) is 9.86. The molecule has 0 heterocycles. The molecule has 1 rings (SSSR count). The Labute approximate surface area is 101 Å². The topological polar surface area (TPSA) is 69.4 Å². The fraction of sp³-hybridized carbons (Fsp3) is 0.455. The summed E-state index contributed by atoms with van der Waals surface area (Å²) in [6, 6.07) is 2.75. The van der Waals surface area contributed by atoms with Crippen LogP contribution in [-0.4, -0.2) is 28.3 Å². The van der Waals surface area contributed by atoms with Crippen LogP contribution in [0.1, 0.15) is 12.0 Å². The summed E-state index contributed by atoms with van der Waals surface area (Å²) in [7, 11) is -2.32. The summed E-state index contributed by atoms with van der Waals surface area (Å²) >= 11 is 0. The monoisotopic (exact) mass is 261 g/mol. The van der Waals surface area contributed by atoms with Crippen LogP contribution in [0.25, 0.3) is 0 Å². The first-order valence-electron chi connectivity index (χ1n) is 5.16. The SMILES string of the molecule is COc1cc(CCCN)cc(F)c1S(C)(=O)=O. The van der Waals surface area contributed by atoms with Gasteiger partial charge >= 0.3 is 0 Å². The van der Waals surface area contributed by atoms with Gasteiger partial charge in [-0.2, -0.15) is 0 Å². The van der Waals surface area contributed by atoms with Gasteiger partial charge in [-0.25, -0.2) is 12.8 Å². The fourth-order valence-corrected chi connectivity index (χ4v) is 2.50. The van der Waals surface area contributed by atoms with E-state index < -0.39 is 20.5 Å². The van der Waals surface area contributed by atoms with Crippen molar-refractivity contribution in [3.63, 3.8) is 0 Å². The zero-order valence-corrected chi connectivity index (χ0v) is 10.7. The molecule has 4 nitrogen and oxygen atoms in total. The number of hydrogen-bond donors (Lipinski definition) is 1. The first-order valence-corrected chi connectivity index (χ1v) is 7.05. The predicted octanol–water partition coefficient (Wildman–Crippen LogP) is 1.13. The van der Waals surface area contributed by atoms with Crippen LogP contribution in [0.3, 0.4) is 0 Å². The maximum absolute atomic E-state index is 13.7. The molecule has 0 amide bonds. The molecule has 0 atom stereocenters. The Balaban J connectivity index is 3.26. The van der Waals surface area contributed by atoms with Gasteiger partial charge in [-0.3, -0.25) is 0 Å². The summed E-state index contributed by atoms with van der Waals surface area (Å²) in [4.78, 5) is -0.392. The van der Waals surface area contributed by atoms with E-state index >= 15 is 0 Å². The Morgan fingerprint density at radius 2 is 2.06 bits per heavy atom. The molecule has 0 aliphatic heterocycles. The van der Waals surface area contributed by atoms with Crippen LogP contribution in [0.4, 0.5) is 4.39 Å². The highest BCUT2D eigenvalue weighted by Crippen LogP contribution is 2.28. The molecule has 96 valence electrons. The third kappa shape index (κ3) is 3.41. The van der Waals surface area contributed by atoms with Gasteiger partial charge in [-0.05, 0) is 37.1 Å². The standard InChI is InChI=1S/C11H16FNO3S/c1-16-10-7-8(4-3-5-13)6-9(12)11(10)17(2,14)15/h6-7H,3-5,13H2,1-2H3. The van der Waals surface area contributed by atoms with Crippen LogP contribution in [0.15, 0.2) is 17.0 Å². The first kappa shape index (κ1) is 13.9. The molecule has 0 fully saturated rings. The van der Waals surface area contributed by atoms with Gasteiger partial charge in [0.25, 0.3) is 0 Å². The van der Waals surface area contributed by atoms with E-state index in [2.05, 4.69) is 0 Å². The summed E-state index contributed by atoms with van der Waals surface area (Å²) in [5.41, 5.74) is 6.04. The third-order valence-corrected chi connectivity index (χ3v) is 3.47.